The first-order chi connectivity index (χ1) is 6.47. The summed E-state index contributed by atoms with van der Waals surface area (Å²) >= 11 is 7.79. The van der Waals surface area contributed by atoms with Crippen molar-refractivity contribution in [2.45, 2.75) is 26.5 Å². The lowest BCUT2D eigenvalue weighted by atomic mass is 10.0. The van der Waals surface area contributed by atoms with E-state index < -0.39 is 0 Å². The summed E-state index contributed by atoms with van der Waals surface area (Å²) in [7, 11) is 0. The van der Waals surface area contributed by atoms with Crippen molar-refractivity contribution in [2.75, 3.05) is 5.75 Å². The van der Waals surface area contributed by atoms with Crippen LogP contribution in [-0.2, 0) is 5.75 Å². The largest absolute Gasteiger partial charge is 0.157 e. The van der Waals surface area contributed by atoms with Crippen LogP contribution in [0.25, 0.3) is 0 Å². The maximum atomic E-state index is 5.81. The monoisotopic (exact) mass is 228 g/mol. The number of hydrogen-bond donors (Lipinski definition) is 0. The normalized spacial score (nSPS) is 11.7. The molecule has 0 unspecified atom stereocenters. The second-order valence-electron chi connectivity index (χ2n) is 4.68. The van der Waals surface area contributed by atoms with Gasteiger partial charge < -0.3 is 0 Å². The summed E-state index contributed by atoms with van der Waals surface area (Å²) in [6.45, 7) is 6.80. The molecule has 0 atom stereocenters. The molecule has 0 saturated carbocycles. The highest BCUT2D eigenvalue weighted by Gasteiger charge is 2.09. The number of benzene rings is 1. The third-order valence-corrected chi connectivity index (χ3v) is 3.58. The van der Waals surface area contributed by atoms with Gasteiger partial charge in [-0.25, -0.2) is 0 Å². The topological polar surface area (TPSA) is 0 Å². The van der Waals surface area contributed by atoms with Crippen LogP contribution in [0.5, 0.6) is 0 Å². The Kier molecular flexibility index (Phi) is 4.33. The molecule has 0 aliphatic rings. The first-order valence-corrected chi connectivity index (χ1v) is 6.33. The molecule has 0 radical (unpaired) electrons. The van der Waals surface area contributed by atoms with Gasteiger partial charge in [0.05, 0.1) is 0 Å². The maximum Gasteiger partial charge on any atom is 0.0406 e. The Hall–Kier alpha value is -0.140. The second kappa shape index (κ2) is 5.09. The van der Waals surface area contributed by atoms with Crippen LogP contribution in [0.1, 0.15) is 26.3 Å². The summed E-state index contributed by atoms with van der Waals surface area (Å²) < 4.78 is 0. The van der Waals surface area contributed by atoms with Gasteiger partial charge in [0.15, 0.2) is 0 Å². The number of thioether (sulfide) groups is 1. The average molecular weight is 229 g/mol. The molecule has 0 spiro atoms. The molecular weight excluding hydrogens is 212 g/mol. The molecule has 0 saturated heterocycles. The lowest BCUT2D eigenvalue weighted by Gasteiger charge is -2.17. The van der Waals surface area contributed by atoms with Crippen molar-refractivity contribution in [1.82, 2.24) is 0 Å². The van der Waals surface area contributed by atoms with Gasteiger partial charge in [-0.05, 0) is 28.9 Å². The Bertz CT molecular complexity index is 271. The van der Waals surface area contributed by atoms with Crippen LogP contribution >= 0.6 is 23.4 Å². The minimum atomic E-state index is 0.414. The summed E-state index contributed by atoms with van der Waals surface area (Å²) in [5.74, 6) is 2.27. The van der Waals surface area contributed by atoms with E-state index >= 15 is 0 Å². The Morgan fingerprint density at radius 3 is 2.21 bits per heavy atom. The Labute approximate surface area is 96.0 Å². The molecule has 2 heteroatoms. The molecule has 14 heavy (non-hydrogen) atoms. The fourth-order valence-corrected chi connectivity index (χ4v) is 2.32. The fraction of sp³-hybridized carbons (Fsp3) is 0.500. The van der Waals surface area contributed by atoms with Gasteiger partial charge in [0, 0.05) is 10.8 Å². The summed E-state index contributed by atoms with van der Waals surface area (Å²) in [6.07, 6.45) is 0. The van der Waals surface area contributed by atoms with Crippen LogP contribution in [0.3, 0.4) is 0 Å². The highest BCUT2D eigenvalue weighted by Crippen LogP contribution is 2.23. The SMILES string of the molecule is CC(C)(C)CSCc1ccc(Cl)cc1. The zero-order chi connectivity index (χ0) is 10.6. The quantitative estimate of drug-likeness (QED) is 0.728. The van der Waals surface area contributed by atoms with E-state index in [9.17, 15) is 0 Å². The second-order valence-corrected chi connectivity index (χ2v) is 6.10. The van der Waals surface area contributed by atoms with Crippen molar-refractivity contribution in [3.63, 3.8) is 0 Å². The Morgan fingerprint density at radius 1 is 1.14 bits per heavy atom. The van der Waals surface area contributed by atoms with Crippen LogP contribution in [0.2, 0.25) is 5.02 Å². The Morgan fingerprint density at radius 2 is 1.71 bits per heavy atom. The van der Waals surface area contributed by atoms with Crippen LogP contribution in [-0.4, -0.2) is 5.75 Å². The van der Waals surface area contributed by atoms with E-state index in [1.807, 2.05) is 23.9 Å². The number of halogens is 1. The van der Waals surface area contributed by atoms with Crippen LogP contribution in [0.4, 0.5) is 0 Å². The molecule has 0 heterocycles. The molecule has 0 bridgehead atoms. The summed E-state index contributed by atoms with van der Waals surface area (Å²) in [5, 5.41) is 0.814. The van der Waals surface area contributed by atoms with E-state index in [0.717, 1.165) is 10.8 Å². The van der Waals surface area contributed by atoms with Crippen molar-refractivity contribution < 1.29 is 0 Å². The smallest absolute Gasteiger partial charge is 0.0406 e. The van der Waals surface area contributed by atoms with Gasteiger partial charge in [-0.1, -0.05) is 44.5 Å². The van der Waals surface area contributed by atoms with Crippen LogP contribution in [0, 0.1) is 5.41 Å². The minimum absolute atomic E-state index is 0.414. The van der Waals surface area contributed by atoms with E-state index in [-0.39, 0.29) is 0 Å². The van der Waals surface area contributed by atoms with Crippen molar-refractivity contribution in [2.24, 2.45) is 5.41 Å². The number of hydrogen-bond acceptors (Lipinski definition) is 1. The lowest BCUT2D eigenvalue weighted by Crippen LogP contribution is -2.08. The fourth-order valence-electron chi connectivity index (χ4n) is 1.06. The number of rotatable bonds is 3. The lowest BCUT2D eigenvalue weighted by molar-refractivity contribution is 0.480. The molecule has 1 rings (SSSR count). The van der Waals surface area contributed by atoms with Gasteiger partial charge in [0.25, 0.3) is 0 Å². The predicted octanol–water partition coefficient (Wildman–Crippen LogP) is 4.62. The zero-order valence-corrected chi connectivity index (χ0v) is 10.6. The maximum absolute atomic E-state index is 5.81. The molecule has 0 nitrogen and oxygen atoms in total. The standard InChI is InChI=1S/C12H17ClS/c1-12(2,3)9-14-8-10-4-6-11(13)7-5-10/h4-7H,8-9H2,1-3H3. The third kappa shape index (κ3) is 4.92. The van der Waals surface area contributed by atoms with Gasteiger partial charge in [0.2, 0.25) is 0 Å². The van der Waals surface area contributed by atoms with Crippen molar-refractivity contribution >= 4 is 23.4 Å². The zero-order valence-electron chi connectivity index (χ0n) is 9.01. The molecular formula is C12H17ClS. The minimum Gasteiger partial charge on any atom is -0.157 e. The van der Waals surface area contributed by atoms with Gasteiger partial charge in [-0.3, -0.25) is 0 Å². The molecule has 0 amide bonds. The summed E-state index contributed by atoms with van der Waals surface area (Å²) in [6, 6.07) is 8.10. The van der Waals surface area contributed by atoms with Crippen molar-refractivity contribution in [3.05, 3.63) is 34.9 Å². The molecule has 1 aromatic carbocycles. The van der Waals surface area contributed by atoms with Gasteiger partial charge in [-0.2, -0.15) is 11.8 Å². The highest BCUT2D eigenvalue weighted by atomic mass is 35.5. The molecule has 0 fully saturated rings. The van der Waals surface area contributed by atoms with Gasteiger partial charge in [-0.15, -0.1) is 0 Å². The van der Waals surface area contributed by atoms with E-state index in [1.54, 1.807) is 0 Å². The van der Waals surface area contributed by atoms with Crippen molar-refractivity contribution in [3.8, 4) is 0 Å². The first kappa shape index (κ1) is 11.9. The molecule has 0 aliphatic heterocycles. The molecule has 78 valence electrons. The summed E-state index contributed by atoms with van der Waals surface area (Å²) in [5.41, 5.74) is 1.76. The van der Waals surface area contributed by atoms with E-state index in [4.69, 9.17) is 11.6 Å². The summed E-state index contributed by atoms with van der Waals surface area (Å²) in [4.78, 5) is 0. The van der Waals surface area contributed by atoms with Crippen LogP contribution < -0.4 is 0 Å². The first-order valence-electron chi connectivity index (χ1n) is 4.79. The molecule has 1 aromatic rings. The highest BCUT2D eigenvalue weighted by molar-refractivity contribution is 7.98. The van der Waals surface area contributed by atoms with Gasteiger partial charge >= 0.3 is 0 Å². The average Bonchev–Trinajstić information content (AvgIpc) is 2.06. The van der Waals surface area contributed by atoms with Crippen molar-refractivity contribution in [1.29, 1.82) is 0 Å². The van der Waals surface area contributed by atoms with E-state index in [0.29, 0.717) is 5.41 Å². The van der Waals surface area contributed by atoms with Gasteiger partial charge in [0.1, 0.15) is 0 Å². The molecule has 0 aromatic heterocycles. The molecule has 0 N–H and O–H groups in total. The predicted molar refractivity (Wildman–Crippen MR) is 67.1 cm³/mol. The third-order valence-electron chi connectivity index (χ3n) is 1.72. The van der Waals surface area contributed by atoms with Crippen LogP contribution in [0.15, 0.2) is 24.3 Å². The molecule has 0 aliphatic carbocycles. The Balaban J connectivity index is 2.35. The van der Waals surface area contributed by atoms with E-state index in [2.05, 4.69) is 32.9 Å². The van der Waals surface area contributed by atoms with E-state index in [1.165, 1.54) is 11.3 Å².